The van der Waals surface area contributed by atoms with Crippen molar-refractivity contribution in [2.24, 2.45) is 4.99 Å². The van der Waals surface area contributed by atoms with E-state index in [2.05, 4.69) is 15.6 Å². The lowest BCUT2D eigenvalue weighted by Gasteiger charge is -2.18. The summed E-state index contributed by atoms with van der Waals surface area (Å²) in [7, 11) is -1.53. The lowest BCUT2D eigenvalue weighted by atomic mass is 10.3. The fourth-order valence-corrected chi connectivity index (χ4v) is 3.46. The number of hydrogen-bond acceptors (Lipinski definition) is 5. The average Bonchev–Trinajstić information content (AvgIpc) is 2.65. The van der Waals surface area contributed by atoms with E-state index >= 15 is 0 Å². The second-order valence-electron chi connectivity index (χ2n) is 6.36. The molecule has 0 radical (unpaired) electrons. The van der Waals surface area contributed by atoms with Crippen LogP contribution in [0.2, 0.25) is 0 Å². The zero-order chi connectivity index (χ0) is 21.0. The maximum absolute atomic E-state index is 11.6. The van der Waals surface area contributed by atoms with E-state index in [-0.39, 0.29) is 30.1 Å². The molecule has 0 saturated heterocycles. The first-order valence-corrected chi connectivity index (χ1v) is 11.4. The average molecular weight is 542 g/mol. The van der Waals surface area contributed by atoms with Crippen LogP contribution in [-0.4, -0.2) is 70.9 Å². The summed E-state index contributed by atoms with van der Waals surface area (Å²) in [6.07, 6.45) is 1.82. The molecular weight excluding hydrogens is 507 g/mol. The molecule has 10 heteroatoms. The summed E-state index contributed by atoms with van der Waals surface area (Å²) in [6, 6.07) is 7.47. The summed E-state index contributed by atoms with van der Waals surface area (Å²) < 4.78 is 35.8. The van der Waals surface area contributed by atoms with E-state index < -0.39 is 10.0 Å². The van der Waals surface area contributed by atoms with Gasteiger partial charge in [-0.2, -0.15) is 0 Å². The normalized spacial score (nSPS) is 12.8. The molecule has 1 rings (SSSR count). The van der Waals surface area contributed by atoms with Gasteiger partial charge in [-0.1, -0.05) is 13.0 Å². The van der Waals surface area contributed by atoms with Gasteiger partial charge < -0.3 is 20.1 Å². The fourth-order valence-electron chi connectivity index (χ4n) is 2.53. The first-order chi connectivity index (χ1) is 13.3. The van der Waals surface area contributed by atoms with Crippen molar-refractivity contribution in [2.45, 2.75) is 33.3 Å². The van der Waals surface area contributed by atoms with Crippen LogP contribution in [0.1, 0.15) is 27.2 Å². The fraction of sp³-hybridized carbons (Fsp3) is 0.632. The number of guanidine groups is 1. The number of halogens is 1. The number of nitrogens with one attached hydrogen (secondary N) is 2. The Balaban J connectivity index is 0.00000784. The van der Waals surface area contributed by atoms with E-state index in [0.717, 1.165) is 18.0 Å². The smallest absolute Gasteiger partial charge is 0.211 e. The maximum Gasteiger partial charge on any atom is 0.211 e. The molecule has 2 N–H and O–H groups in total. The number of benzene rings is 1. The van der Waals surface area contributed by atoms with E-state index in [4.69, 9.17) is 9.47 Å². The Labute approximate surface area is 192 Å². The highest BCUT2D eigenvalue weighted by Crippen LogP contribution is 2.19. The van der Waals surface area contributed by atoms with Gasteiger partial charge in [-0.25, -0.2) is 17.7 Å². The van der Waals surface area contributed by atoms with Crippen molar-refractivity contribution in [2.75, 3.05) is 46.1 Å². The third-order valence-electron chi connectivity index (χ3n) is 3.93. The van der Waals surface area contributed by atoms with Crippen molar-refractivity contribution in [1.29, 1.82) is 0 Å². The lowest BCUT2D eigenvalue weighted by Crippen LogP contribution is -2.40. The van der Waals surface area contributed by atoms with Crippen LogP contribution in [0.4, 0.5) is 0 Å². The molecule has 168 valence electrons. The SMILES string of the molecule is CCNC(=NCC(C)Oc1cccc(OC)c1)NCCCN(CC)S(C)(=O)=O.I. The number of hydrogen-bond donors (Lipinski definition) is 2. The molecule has 0 heterocycles. The number of sulfonamides is 1. The Kier molecular flexibility index (Phi) is 14.0. The maximum atomic E-state index is 11.6. The predicted octanol–water partition coefficient (Wildman–Crippen LogP) is 2.31. The standard InChI is InChI=1S/C19H34N4O4S.HI/c1-6-20-19(21-12-9-13-23(7-2)28(5,24)25)22-15-16(3)27-18-11-8-10-17(14-18)26-4;/h8,10-11,14,16H,6-7,9,12-13,15H2,1-5H3,(H2,20,21,22);1H. The van der Waals surface area contributed by atoms with Crippen LogP contribution >= 0.6 is 24.0 Å². The Morgan fingerprint density at radius 1 is 1.24 bits per heavy atom. The third kappa shape index (κ3) is 11.5. The van der Waals surface area contributed by atoms with Crippen molar-refractivity contribution >= 4 is 40.0 Å². The predicted molar refractivity (Wildman–Crippen MR) is 129 cm³/mol. The molecule has 1 unspecified atom stereocenters. The molecule has 0 saturated carbocycles. The highest BCUT2D eigenvalue weighted by atomic mass is 127. The van der Waals surface area contributed by atoms with Gasteiger partial charge in [0.05, 0.1) is 19.9 Å². The quantitative estimate of drug-likeness (QED) is 0.182. The van der Waals surface area contributed by atoms with Gasteiger partial charge in [0.15, 0.2) is 5.96 Å². The largest absolute Gasteiger partial charge is 0.497 e. The molecule has 8 nitrogen and oxygen atoms in total. The van der Waals surface area contributed by atoms with Crippen LogP contribution in [0.5, 0.6) is 11.5 Å². The number of ether oxygens (including phenoxy) is 2. The molecule has 0 aromatic heterocycles. The molecule has 1 aromatic rings. The zero-order valence-corrected chi connectivity index (χ0v) is 21.1. The summed E-state index contributed by atoms with van der Waals surface area (Å²) in [6.45, 7) is 8.60. The second kappa shape index (κ2) is 14.7. The van der Waals surface area contributed by atoms with E-state index in [1.54, 1.807) is 7.11 Å². The van der Waals surface area contributed by atoms with Crippen LogP contribution in [0.3, 0.4) is 0 Å². The van der Waals surface area contributed by atoms with Crippen molar-refractivity contribution in [3.63, 3.8) is 0 Å². The van der Waals surface area contributed by atoms with Crippen LogP contribution in [0.15, 0.2) is 29.3 Å². The second-order valence-corrected chi connectivity index (χ2v) is 8.34. The monoisotopic (exact) mass is 542 g/mol. The molecule has 1 atom stereocenters. The van der Waals surface area contributed by atoms with Gasteiger partial charge in [0.25, 0.3) is 0 Å². The first-order valence-electron chi connectivity index (χ1n) is 9.58. The van der Waals surface area contributed by atoms with Gasteiger partial charge in [0, 0.05) is 32.2 Å². The Morgan fingerprint density at radius 3 is 2.52 bits per heavy atom. The van der Waals surface area contributed by atoms with Crippen molar-refractivity contribution in [1.82, 2.24) is 14.9 Å². The van der Waals surface area contributed by atoms with Crippen molar-refractivity contribution in [3.05, 3.63) is 24.3 Å². The summed E-state index contributed by atoms with van der Waals surface area (Å²) in [5.74, 6) is 2.17. The number of methoxy groups -OCH3 is 1. The molecule has 0 aliphatic carbocycles. The Bertz CT molecular complexity index is 716. The van der Waals surface area contributed by atoms with Crippen LogP contribution < -0.4 is 20.1 Å². The van der Waals surface area contributed by atoms with E-state index in [1.807, 2.05) is 45.0 Å². The molecule has 0 spiro atoms. The summed E-state index contributed by atoms with van der Waals surface area (Å²) >= 11 is 0. The van der Waals surface area contributed by atoms with E-state index in [1.165, 1.54) is 10.6 Å². The minimum absolute atomic E-state index is 0. The molecule has 0 aliphatic rings. The van der Waals surface area contributed by atoms with E-state index in [0.29, 0.717) is 38.6 Å². The van der Waals surface area contributed by atoms with Crippen molar-refractivity contribution in [3.8, 4) is 11.5 Å². The lowest BCUT2D eigenvalue weighted by molar-refractivity contribution is 0.229. The summed E-state index contributed by atoms with van der Waals surface area (Å²) in [5.41, 5.74) is 0. The number of aliphatic imine (C=N–C) groups is 1. The van der Waals surface area contributed by atoms with Gasteiger partial charge in [-0.15, -0.1) is 24.0 Å². The molecule has 0 bridgehead atoms. The molecule has 0 amide bonds. The summed E-state index contributed by atoms with van der Waals surface area (Å²) in [5, 5.41) is 6.41. The molecule has 29 heavy (non-hydrogen) atoms. The molecule has 0 fully saturated rings. The van der Waals surface area contributed by atoms with Gasteiger partial charge >= 0.3 is 0 Å². The highest BCUT2D eigenvalue weighted by molar-refractivity contribution is 14.0. The van der Waals surface area contributed by atoms with Gasteiger partial charge in [-0.3, -0.25) is 0 Å². The Hall–Kier alpha value is -1.27. The van der Waals surface area contributed by atoms with Gasteiger partial charge in [-0.05, 0) is 32.4 Å². The first kappa shape index (κ1) is 27.7. The van der Waals surface area contributed by atoms with E-state index in [9.17, 15) is 8.42 Å². The molecular formula is C19H35IN4O4S. The zero-order valence-electron chi connectivity index (χ0n) is 18.0. The van der Waals surface area contributed by atoms with Crippen LogP contribution in [0.25, 0.3) is 0 Å². The number of rotatable bonds is 12. The minimum atomic E-state index is -3.15. The Morgan fingerprint density at radius 2 is 1.93 bits per heavy atom. The third-order valence-corrected chi connectivity index (χ3v) is 5.31. The topological polar surface area (TPSA) is 92.3 Å². The molecule has 1 aromatic carbocycles. The van der Waals surface area contributed by atoms with Crippen molar-refractivity contribution < 1.29 is 17.9 Å². The number of nitrogens with zero attached hydrogens (tertiary/aromatic N) is 2. The highest BCUT2D eigenvalue weighted by Gasteiger charge is 2.13. The van der Waals surface area contributed by atoms with Crippen LogP contribution in [-0.2, 0) is 10.0 Å². The van der Waals surface area contributed by atoms with Crippen LogP contribution in [0, 0.1) is 0 Å². The summed E-state index contributed by atoms with van der Waals surface area (Å²) in [4.78, 5) is 4.54. The van der Waals surface area contributed by atoms with Gasteiger partial charge in [0.1, 0.15) is 17.6 Å². The minimum Gasteiger partial charge on any atom is -0.497 e. The molecule has 0 aliphatic heterocycles. The van der Waals surface area contributed by atoms with Gasteiger partial charge in [0.2, 0.25) is 10.0 Å².